The monoisotopic (exact) mass is 280 g/mol. The number of ether oxygens (including phenoxy) is 3. The Balaban J connectivity index is 2.59. The van der Waals surface area contributed by atoms with Gasteiger partial charge in [0.15, 0.2) is 11.5 Å². The highest BCUT2D eigenvalue weighted by molar-refractivity contribution is 5.53. The Kier molecular flexibility index (Phi) is 7.55. The third kappa shape index (κ3) is 4.76. The lowest BCUT2D eigenvalue weighted by Crippen LogP contribution is -1.97. The Morgan fingerprint density at radius 2 is 1.50 bits per heavy atom. The van der Waals surface area contributed by atoms with Crippen LogP contribution in [-0.4, -0.2) is 27.6 Å². The van der Waals surface area contributed by atoms with E-state index in [0.717, 1.165) is 38.4 Å². The largest absolute Gasteiger partial charge is 0.493 e. The van der Waals surface area contributed by atoms with Gasteiger partial charge >= 0.3 is 0 Å². The first kappa shape index (κ1) is 16.3. The molecule has 0 unspecified atom stereocenters. The summed E-state index contributed by atoms with van der Waals surface area (Å²) >= 11 is 0. The van der Waals surface area contributed by atoms with Crippen LogP contribution in [0.2, 0.25) is 0 Å². The van der Waals surface area contributed by atoms with Crippen LogP contribution in [0.25, 0.3) is 0 Å². The molecule has 0 saturated carbocycles. The lowest BCUT2D eigenvalue weighted by atomic mass is 10.0. The molecule has 20 heavy (non-hydrogen) atoms. The number of hydrogen-bond acceptors (Lipinski definition) is 4. The standard InChI is InChI=1S/C16H24O4/c1-18-14-11-13(9-7-5-4-6-8-10-17)12-15(19-2)16(14)20-3/h10-12H,4-9H2,1-3H3. The molecular weight excluding hydrogens is 256 g/mol. The van der Waals surface area contributed by atoms with Crippen molar-refractivity contribution in [3.63, 3.8) is 0 Å². The third-order valence-corrected chi connectivity index (χ3v) is 3.26. The number of aryl methyl sites for hydroxylation is 1. The van der Waals surface area contributed by atoms with Crippen molar-refractivity contribution in [3.05, 3.63) is 17.7 Å². The fraction of sp³-hybridized carbons (Fsp3) is 0.562. The van der Waals surface area contributed by atoms with Crippen LogP contribution < -0.4 is 14.2 Å². The van der Waals surface area contributed by atoms with Gasteiger partial charge in [0.25, 0.3) is 0 Å². The molecule has 0 aliphatic carbocycles. The van der Waals surface area contributed by atoms with E-state index in [1.165, 1.54) is 5.56 Å². The maximum atomic E-state index is 10.2. The fourth-order valence-electron chi connectivity index (χ4n) is 2.19. The van der Waals surface area contributed by atoms with Crippen molar-refractivity contribution in [2.75, 3.05) is 21.3 Å². The van der Waals surface area contributed by atoms with Gasteiger partial charge in [-0.05, 0) is 37.0 Å². The summed E-state index contributed by atoms with van der Waals surface area (Å²) in [5.74, 6) is 2.02. The number of aldehydes is 1. The lowest BCUT2D eigenvalue weighted by Gasteiger charge is -2.14. The summed E-state index contributed by atoms with van der Waals surface area (Å²) < 4.78 is 16.0. The van der Waals surface area contributed by atoms with E-state index in [4.69, 9.17) is 14.2 Å². The number of benzene rings is 1. The van der Waals surface area contributed by atoms with Gasteiger partial charge < -0.3 is 19.0 Å². The molecule has 1 aromatic carbocycles. The van der Waals surface area contributed by atoms with E-state index in [9.17, 15) is 4.79 Å². The number of carbonyl (C=O) groups excluding carboxylic acids is 1. The van der Waals surface area contributed by atoms with Crippen LogP contribution in [0.3, 0.4) is 0 Å². The topological polar surface area (TPSA) is 44.8 Å². The lowest BCUT2D eigenvalue weighted by molar-refractivity contribution is -0.107. The molecule has 0 bridgehead atoms. The first-order valence-corrected chi connectivity index (χ1v) is 6.99. The molecule has 0 fully saturated rings. The number of rotatable bonds is 10. The van der Waals surface area contributed by atoms with Gasteiger partial charge in [-0.2, -0.15) is 0 Å². The Labute approximate surface area is 121 Å². The molecule has 0 aliphatic rings. The molecule has 112 valence electrons. The van der Waals surface area contributed by atoms with Crippen LogP contribution in [0.5, 0.6) is 17.2 Å². The maximum Gasteiger partial charge on any atom is 0.203 e. The predicted octanol–water partition coefficient (Wildman–Crippen LogP) is 3.40. The number of hydrogen-bond donors (Lipinski definition) is 0. The minimum atomic E-state index is 0.629. The van der Waals surface area contributed by atoms with Crippen molar-refractivity contribution < 1.29 is 19.0 Å². The molecule has 0 aromatic heterocycles. The summed E-state index contributed by atoms with van der Waals surface area (Å²) in [6, 6.07) is 3.99. The van der Waals surface area contributed by atoms with Crippen LogP contribution in [0.1, 0.15) is 37.7 Å². The Hall–Kier alpha value is -1.71. The maximum absolute atomic E-state index is 10.2. The van der Waals surface area contributed by atoms with E-state index < -0.39 is 0 Å². The first-order chi connectivity index (χ1) is 9.76. The second-order valence-electron chi connectivity index (χ2n) is 4.65. The van der Waals surface area contributed by atoms with Gasteiger partial charge in [0.05, 0.1) is 21.3 Å². The van der Waals surface area contributed by atoms with Crippen molar-refractivity contribution in [2.24, 2.45) is 0 Å². The second kappa shape index (κ2) is 9.23. The average molecular weight is 280 g/mol. The molecule has 0 atom stereocenters. The molecule has 4 nitrogen and oxygen atoms in total. The molecule has 0 radical (unpaired) electrons. The average Bonchev–Trinajstić information content (AvgIpc) is 2.49. The highest BCUT2D eigenvalue weighted by Crippen LogP contribution is 2.38. The molecule has 1 aromatic rings. The minimum Gasteiger partial charge on any atom is -0.493 e. The van der Waals surface area contributed by atoms with E-state index in [1.54, 1.807) is 21.3 Å². The molecule has 1 rings (SSSR count). The Morgan fingerprint density at radius 3 is 2.00 bits per heavy atom. The summed E-state index contributed by atoms with van der Waals surface area (Å²) in [6.45, 7) is 0. The molecule has 4 heteroatoms. The molecular formula is C16H24O4. The zero-order chi connectivity index (χ0) is 14.8. The fourth-order valence-corrected chi connectivity index (χ4v) is 2.19. The third-order valence-electron chi connectivity index (χ3n) is 3.26. The van der Waals surface area contributed by atoms with Gasteiger partial charge in [0.1, 0.15) is 6.29 Å². The number of unbranched alkanes of at least 4 members (excludes halogenated alkanes) is 4. The smallest absolute Gasteiger partial charge is 0.203 e. The van der Waals surface area contributed by atoms with Crippen LogP contribution >= 0.6 is 0 Å². The summed E-state index contributed by atoms with van der Waals surface area (Å²) in [4.78, 5) is 10.2. The molecule has 0 saturated heterocycles. The Morgan fingerprint density at radius 1 is 0.900 bits per heavy atom. The molecule has 0 N–H and O–H groups in total. The van der Waals surface area contributed by atoms with Gasteiger partial charge in [-0.15, -0.1) is 0 Å². The second-order valence-corrected chi connectivity index (χ2v) is 4.65. The van der Waals surface area contributed by atoms with Crippen LogP contribution in [-0.2, 0) is 11.2 Å². The van der Waals surface area contributed by atoms with E-state index in [0.29, 0.717) is 23.7 Å². The van der Waals surface area contributed by atoms with E-state index in [2.05, 4.69) is 0 Å². The first-order valence-electron chi connectivity index (χ1n) is 6.99. The van der Waals surface area contributed by atoms with Crippen molar-refractivity contribution in [1.82, 2.24) is 0 Å². The summed E-state index contributed by atoms with van der Waals surface area (Å²) in [6.07, 6.45) is 6.94. The molecule has 0 heterocycles. The van der Waals surface area contributed by atoms with Crippen LogP contribution in [0.4, 0.5) is 0 Å². The van der Waals surface area contributed by atoms with Gasteiger partial charge in [-0.1, -0.05) is 12.8 Å². The SMILES string of the molecule is COc1cc(CCCCCCC=O)cc(OC)c1OC. The predicted molar refractivity (Wildman–Crippen MR) is 79.0 cm³/mol. The van der Waals surface area contributed by atoms with Gasteiger partial charge in [-0.3, -0.25) is 0 Å². The highest BCUT2D eigenvalue weighted by Gasteiger charge is 2.12. The van der Waals surface area contributed by atoms with Gasteiger partial charge in [0, 0.05) is 6.42 Å². The number of carbonyl (C=O) groups is 1. The zero-order valence-electron chi connectivity index (χ0n) is 12.6. The zero-order valence-corrected chi connectivity index (χ0v) is 12.6. The van der Waals surface area contributed by atoms with E-state index in [1.807, 2.05) is 12.1 Å². The van der Waals surface area contributed by atoms with E-state index >= 15 is 0 Å². The van der Waals surface area contributed by atoms with E-state index in [-0.39, 0.29) is 0 Å². The summed E-state index contributed by atoms with van der Waals surface area (Å²) in [5.41, 5.74) is 1.18. The van der Waals surface area contributed by atoms with Crippen LogP contribution in [0, 0.1) is 0 Å². The highest BCUT2D eigenvalue weighted by atomic mass is 16.5. The number of methoxy groups -OCH3 is 3. The van der Waals surface area contributed by atoms with Crippen molar-refractivity contribution in [2.45, 2.75) is 38.5 Å². The quantitative estimate of drug-likeness (QED) is 0.486. The van der Waals surface area contributed by atoms with Gasteiger partial charge in [-0.25, -0.2) is 0 Å². The molecule has 0 amide bonds. The van der Waals surface area contributed by atoms with Crippen molar-refractivity contribution >= 4 is 6.29 Å². The van der Waals surface area contributed by atoms with Gasteiger partial charge in [0.2, 0.25) is 5.75 Å². The summed E-state index contributed by atoms with van der Waals surface area (Å²) in [5, 5.41) is 0. The summed E-state index contributed by atoms with van der Waals surface area (Å²) in [7, 11) is 4.86. The van der Waals surface area contributed by atoms with Crippen molar-refractivity contribution in [1.29, 1.82) is 0 Å². The minimum absolute atomic E-state index is 0.629. The van der Waals surface area contributed by atoms with Crippen LogP contribution in [0.15, 0.2) is 12.1 Å². The normalized spacial score (nSPS) is 10.2. The van der Waals surface area contributed by atoms with Crippen molar-refractivity contribution in [3.8, 4) is 17.2 Å². The molecule has 0 spiro atoms. The molecule has 0 aliphatic heterocycles. The Bertz CT molecular complexity index is 390.